The lowest BCUT2D eigenvalue weighted by Crippen LogP contribution is -1.93. The third kappa shape index (κ3) is 1.30. The van der Waals surface area contributed by atoms with Crippen LogP contribution in [0.3, 0.4) is 0 Å². The van der Waals surface area contributed by atoms with E-state index in [0.29, 0.717) is 0 Å². The fraction of sp³-hybridized carbons (Fsp3) is 0.182. The van der Waals surface area contributed by atoms with Gasteiger partial charge in [0.2, 0.25) is 0 Å². The van der Waals surface area contributed by atoms with Gasteiger partial charge in [0.1, 0.15) is 0 Å². The van der Waals surface area contributed by atoms with Crippen molar-refractivity contribution in [2.75, 3.05) is 0 Å². The molecule has 1 heterocycles. The van der Waals surface area contributed by atoms with E-state index >= 15 is 0 Å². The summed E-state index contributed by atoms with van der Waals surface area (Å²) >= 11 is 0. The topological polar surface area (TPSA) is 12.4 Å². The van der Waals surface area contributed by atoms with E-state index in [1.807, 2.05) is 18.2 Å². The smallest absolute Gasteiger partial charge is 0.0446 e. The highest BCUT2D eigenvalue weighted by atomic mass is 14.8. The van der Waals surface area contributed by atoms with E-state index in [4.69, 9.17) is 6.58 Å². The molecule has 12 heavy (non-hydrogen) atoms. The maximum absolute atomic E-state index is 5.59. The van der Waals surface area contributed by atoms with Crippen LogP contribution in [0.2, 0.25) is 0 Å². The van der Waals surface area contributed by atoms with E-state index in [0.717, 1.165) is 24.3 Å². The summed E-state index contributed by atoms with van der Waals surface area (Å²) in [5, 5.41) is 0. The number of rotatable bonds is 1. The Kier molecular flexibility index (Phi) is 1.78. The van der Waals surface area contributed by atoms with Gasteiger partial charge in [-0.15, -0.1) is 5.70 Å². The van der Waals surface area contributed by atoms with Crippen molar-refractivity contribution >= 4 is 5.71 Å². The van der Waals surface area contributed by atoms with Crippen LogP contribution in [0.15, 0.2) is 41.0 Å². The van der Waals surface area contributed by atoms with Gasteiger partial charge in [-0.1, -0.05) is 30.3 Å². The molecule has 0 radical (unpaired) electrons. The Labute approximate surface area is 72.5 Å². The van der Waals surface area contributed by atoms with Crippen molar-refractivity contribution < 1.29 is 0 Å². The Hall–Kier alpha value is -1.37. The van der Waals surface area contributed by atoms with E-state index in [1.54, 1.807) is 0 Å². The van der Waals surface area contributed by atoms with E-state index in [-0.39, 0.29) is 0 Å². The van der Waals surface area contributed by atoms with E-state index in [2.05, 4.69) is 17.1 Å². The van der Waals surface area contributed by atoms with Gasteiger partial charge in [-0.3, -0.25) is 4.99 Å². The Morgan fingerprint density at radius 3 is 2.42 bits per heavy atom. The van der Waals surface area contributed by atoms with E-state index in [9.17, 15) is 0 Å². The fourth-order valence-corrected chi connectivity index (χ4v) is 1.37. The van der Waals surface area contributed by atoms with Crippen molar-refractivity contribution in [3.8, 4) is 0 Å². The molecule has 60 valence electrons. The summed E-state index contributed by atoms with van der Waals surface area (Å²) in [5.74, 6) is 0. The molecule has 1 nitrogen and oxygen atoms in total. The summed E-state index contributed by atoms with van der Waals surface area (Å²) in [6, 6.07) is 10.2. The first-order valence-electron chi connectivity index (χ1n) is 4.10. The van der Waals surface area contributed by atoms with Gasteiger partial charge in [0.15, 0.2) is 0 Å². The van der Waals surface area contributed by atoms with Crippen LogP contribution in [0.4, 0.5) is 0 Å². The van der Waals surface area contributed by atoms with Gasteiger partial charge in [-0.05, 0) is 18.4 Å². The SMILES string of the molecule is [CH-]=C1CCC(c2ccccc2)=N1. The van der Waals surface area contributed by atoms with Crippen LogP contribution in [0.25, 0.3) is 0 Å². The van der Waals surface area contributed by atoms with Crippen molar-refractivity contribution in [2.45, 2.75) is 12.8 Å². The van der Waals surface area contributed by atoms with Gasteiger partial charge in [-0.25, -0.2) is 0 Å². The predicted octanol–water partition coefficient (Wildman–Crippen LogP) is 2.59. The van der Waals surface area contributed by atoms with Gasteiger partial charge in [0.25, 0.3) is 0 Å². The van der Waals surface area contributed by atoms with Gasteiger partial charge >= 0.3 is 0 Å². The number of allylic oxidation sites excluding steroid dienone is 1. The molecule has 0 aliphatic carbocycles. The molecule has 0 spiro atoms. The molecule has 1 aliphatic heterocycles. The van der Waals surface area contributed by atoms with Crippen LogP contribution in [0.5, 0.6) is 0 Å². The monoisotopic (exact) mass is 156 g/mol. The first-order valence-corrected chi connectivity index (χ1v) is 4.10. The standard InChI is InChI=1S/C11H10N/c1-9-7-8-11(12-9)10-5-3-2-4-6-10/h1-6H,7-8H2/q-1. The van der Waals surface area contributed by atoms with Crippen LogP contribution >= 0.6 is 0 Å². The minimum absolute atomic E-state index is 0.758. The molecule has 0 amide bonds. The second-order valence-corrected chi connectivity index (χ2v) is 2.92. The maximum atomic E-state index is 5.59. The molecule has 0 N–H and O–H groups in total. The van der Waals surface area contributed by atoms with Crippen LogP contribution in [0.1, 0.15) is 18.4 Å². The quantitative estimate of drug-likeness (QED) is 0.554. The lowest BCUT2D eigenvalue weighted by atomic mass is 10.1. The molecule has 2 rings (SSSR count). The zero-order valence-corrected chi connectivity index (χ0v) is 6.83. The van der Waals surface area contributed by atoms with Crippen LogP contribution < -0.4 is 0 Å². The Bertz CT molecular complexity index is 322. The Morgan fingerprint density at radius 2 is 1.83 bits per heavy atom. The maximum Gasteiger partial charge on any atom is 0.0446 e. The average Bonchev–Trinajstić information content (AvgIpc) is 2.54. The molecule has 1 aliphatic rings. The van der Waals surface area contributed by atoms with Gasteiger partial charge < -0.3 is 6.58 Å². The molecule has 0 aromatic heterocycles. The number of hydrogen-bond donors (Lipinski definition) is 0. The minimum Gasteiger partial charge on any atom is -0.491 e. The van der Waals surface area contributed by atoms with Gasteiger partial charge in [0.05, 0.1) is 0 Å². The van der Waals surface area contributed by atoms with Gasteiger partial charge in [-0.2, -0.15) is 0 Å². The van der Waals surface area contributed by atoms with Crippen molar-refractivity contribution in [1.29, 1.82) is 0 Å². The summed E-state index contributed by atoms with van der Waals surface area (Å²) in [6.07, 6.45) is 1.89. The number of hydrogen-bond acceptors (Lipinski definition) is 1. The molecule has 0 fully saturated rings. The second-order valence-electron chi connectivity index (χ2n) is 2.92. The first kappa shape index (κ1) is 7.29. The third-order valence-electron chi connectivity index (χ3n) is 2.00. The molecular formula is C11H10N-. The molecule has 0 saturated carbocycles. The van der Waals surface area contributed by atoms with Crippen molar-refractivity contribution in [3.63, 3.8) is 0 Å². The summed E-state index contributed by atoms with van der Waals surface area (Å²) in [4.78, 5) is 4.27. The first-order chi connectivity index (χ1) is 5.86. The Balaban J connectivity index is 2.33. The lowest BCUT2D eigenvalue weighted by molar-refractivity contribution is 1.07. The molecule has 0 atom stereocenters. The average molecular weight is 156 g/mol. The number of aliphatic imine (C=N–C) groups is 1. The second kappa shape index (κ2) is 2.94. The van der Waals surface area contributed by atoms with E-state index < -0.39 is 0 Å². The fourth-order valence-electron chi connectivity index (χ4n) is 1.37. The highest BCUT2D eigenvalue weighted by Gasteiger charge is 2.06. The van der Waals surface area contributed by atoms with Crippen LogP contribution in [-0.2, 0) is 0 Å². The molecule has 1 aromatic rings. The summed E-state index contributed by atoms with van der Waals surface area (Å²) < 4.78 is 0. The molecule has 1 aromatic carbocycles. The predicted molar refractivity (Wildman–Crippen MR) is 50.0 cm³/mol. The molecular weight excluding hydrogens is 146 g/mol. The number of benzene rings is 1. The highest BCUT2D eigenvalue weighted by molar-refractivity contribution is 6.02. The van der Waals surface area contributed by atoms with Crippen molar-refractivity contribution in [2.24, 2.45) is 4.99 Å². The Morgan fingerprint density at radius 1 is 1.08 bits per heavy atom. The zero-order valence-electron chi connectivity index (χ0n) is 6.83. The molecule has 0 saturated heterocycles. The largest absolute Gasteiger partial charge is 0.491 e. The van der Waals surface area contributed by atoms with Crippen molar-refractivity contribution in [1.82, 2.24) is 0 Å². The van der Waals surface area contributed by atoms with Crippen LogP contribution in [0, 0.1) is 6.58 Å². The molecule has 0 bridgehead atoms. The normalized spacial score (nSPS) is 16.3. The highest BCUT2D eigenvalue weighted by Crippen LogP contribution is 2.19. The number of nitrogens with zero attached hydrogens (tertiary/aromatic N) is 1. The third-order valence-corrected chi connectivity index (χ3v) is 2.00. The van der Waals surface area contributed by atoms with Gasteiger partial charge in [0, 0.05) is 5.71 Å². The zero-order chi connectivity index (χ0) is 8.39. The lowest BCUT2D eigenvalue weighted by Gasteiger charge is -1.97. The minimum atomic E-state index is 0.758. The summed E-state index contributed by atoms with van der Waals surface area (Å²) in [6.45, 7) is 5.59. The summed E-state index contributed by atoms with van der Waals surface area (Å²) in [7, 11) is 0. The molecule has 1 heteroatoms. The van der Waals surface area contributed by atoms with E-state index in [1.165, 1.54) is 5.56 Å². The summed E-state index contributed by atoms with van der Waals surface area (Å²) in [5.41, 5.74) is 3.07. The molecule has 0 unspecified atom stereocenters. The van der Waals surface area contributed by atoms with Crippen molar-refractivity contribution in [3.05, 3.63) is 48.2 Å². The van der Waals surface area contributed by atoms with Crippen LogP contribution in [-0.4, -0.2) is 5.71 Å².